The van der Waals surface area contributed by atoms with Gasteiger partial charge in [-0.2, -0.15) is 0 Å². The van der Waals surface area contributed by atoms with Crippen LogP contribution in [0.15, 0.2) is 11.2 Å². The number of rotatable bonds is 8. The summed E-state index contributed by atoms with van der Waals surface area (Å²) in [5.41, 5.74) is 5.65. The Bertz CT molecular complexity index is 338. The third-order valence-corrected chi connectivity index (χ3v) is 2.46. The van der Waals surface area contributed by atoms with Gasteiger partial charge in [-0.05, 0) is 12.7 Å². The molecule has 0 aliphatic carbocycles. The molecular formula is C10H18N4O2S. The lowest BCUT2D eigenvalue weighted by Crippen LogP contribution is -2.09. The van der Waals surface area contributed by atoms with Gasteiger partial charge in [-0.3, -0.25) is 0 Å². The zero-order valence-corrected chi connectivity index (χ0v) is 10.7. The SMILES string of the molecule is CSc1nc(N)cc(NCCCOCCO)n1. The van der Waals surface area contributed by atoms with E-state index >= 15 is 0 Å². The highest BCUT2D eigenvalue weighted by Crippen LogP contribution is 2.14. The minimum atomic E-state index is 0.0625. The van der Waals surface area contributed by atoms with E-state index in [0.717, 1.165) is 18.8 Å². The molecule has 4 N–H and O–H groups in total. The highest BCUT2D eigenvalue weighted by molar-refractivity contribution is 7.98. The Morgan fingerprint density at radius 2 is 2.29 bits per heavy atom. The Labute approximate surface area is 105 Å². The van der Waals surface area contributed by atoms with Crippen LogP contribution in [0.1, 0.15) is 6.42 Å². The van der Waals surface area contributed by atoms with Crippen LogP contribution >= 0.6 is 11.8 Å². The Morgan fingerprint density at radius 1 is 1.47 bits per heavy atom. The van der Waals surface area contributed by atoms with Crippen LogP contribution in [0.2, 0.25) is 0 Å². The molecule has 0 unspecified atom stereocenters. The monoisotopic (exact) mass is 258 g/mol. The summed E-state index contributed by atoms with van der Waals surface area (Å²) >= 11 is 1.45. The summed E-state index contributed by atoms with van der Waals surface area (Å²) in [6.45, 7) is 1.81. The first-order valence-electron chi connectivity index (χ1n) is 5.37. The fourth-order valence-corrected chi connectivity index (χ4v) is 1.57. The third kappa shape index (κ3) is 5.71. The second kappa shape index (κ2) is 8.10. The molecule has 1 aromatic heterocycles. The van der Waals surface area contributed by atoms with Gasteiger partial charge in [0.05, 0.1) is 13.2 Å². The topological polar surface area (TPSA) is 93.3 Å². The molecule has 96 valence electrons. The summed E-state index contributed by atoms with van der Waals surface area (Å²) in [6, 6.07) is 1.70. The van der Waals surface area contributed by atoms with Gasteiger partial charge in [0, 0.05) is 19.2 Å². The molecule has 17 heavy (non-hydrogen) atoms. The molecule has 0 aliphatic heterocycles. The molecular weight excluding hydrogens is 240 g/mol. The summed E-state index contributed by atoms with van der Waals surface area (Å²) in [6.07, 6.45) is 2.75. The molecule has 0 aromatic carbocycles. The quantitative estimate of drug-likeness (QED) is 0.357. The van der Waals surface area contributed by atoms with E-state index in [9.17, 15) is 0 Å². The van der Waals surface area contributed by atoms with E-state index in [0.29, 0.717) is 24.2 Å². The highest BCUT2D eigenvalue weighted by atomic mass is 32.2. The zero-order valence-electron chi connectivity index (χ0n) is 9.85. The normalized spacial score (nSPS) is 10.5. The summed E-state index contributed by atoms with van der Waals surface area (Å²) in [5, 5.41) is 12.3. The predicted molar refractivity (Wildman–Crippen MR) is 69.2 cm³/mol. The van der Waals surface area contributed by atoms with Crippen molar-refractivity contribution >= 4 is 23.4 Å². The first kappa shape index (κ1) is 14.0. The van der Waals surface area contributed by atoms with E-state index in [2.05, 4.69) is 15.3 Å². The van der Waals surface area contributed by atoms with E-state index in [-0.39, 0.29) is 6.61 Å². The lowest BCUT2D eigenvalue weighted by molar-refractivity contribution is 0.0922. The van der Waals surface area contributed by atoms with Crippen LogP contribution in [0, 0.1) is 0 Å². The van der Waals surface area contributed by atoms with E-state index in [1.54, 1.807) is 6.07 Å². The van der Waals surface area contributed by atoms with Crippen molar-refractivity contribution in [2.45, 2.75) is 11.6 Å². The molecule has 7 heteroatoms. The molecule has 0 atom stereocenters. The molecule has 0 fully saturated rings. The second-order valence-corrected chi connectivity index (χ2v) is 4.05. The van der Waals surface area contributed by atoms with Gasteiger partial charge in [-0.15, -0.1) is 0 Å². The number of anilines is 2. The van der Waals surface area contributed by atoms with Crippen LogP contribution in [0.4, 0.5) is 11.6 Å². The molecule has 0 radical (unpaired) electrons. The molecule has 1 heterocycles. The van der Waals surface area contributed by atoms with E-state index in [1.165, 1.54) is 11.8 Å². The summed E-state index contributed by atoms with van der Waals surface area (Å²) in [5.74, 6) is 1.19. The van der Waals surface area contributed by atoms with E-state index in [1.807, 2.05) is 6.26 Å². The molecule has 1 aromatic rings. The zero-order chi connectivity index (χ0) is 12.5. The van der Waals surface area contributed by atoms with Gasteiger partial charge in [0.25, 0.3) is 0 Å². The van der Waals surface area contributed by atoms with Crippen molar-refractivity contribution in [3.63, 3.8) is 0 Å². The number of nitrogen functional groups attached to an aromatic ring is 1. The van der Waals surface area contributed by atoms with Crippen LogP contribution < -0.4 is 11.1 Å². The van der Waals surface area contributed by atoms with Gasteiger partial charge in [-0.1, -0.05) is 11.8 Å². The number of nitrogens with two attached hydrogens (primary N) is 1. The van der Waals surface area contributed by atoms with E-state index in [4.69, 9.17) is 15.6 Å². The number of nitrogens with zero attached hydrogens (tertiary/aromatic N) is 2. The number of nitrogens with one attached hydrogen (secondary N) is 1. The number of hydrogen-bond acceptors (Lipinski definition) is 7. The molecule has 0 saturated heterocycles. The van der Waals surface area contributed by atoms with Crippen molar-refractivity contribution < 1.29 is 9.84 Å². The number of aliphatic hydroxyl groups excluding tert-OH is 1. The minimum absolute atomic E-state index is 0.0625. The van der Waals surface area contributed by atoms with Crippen LogP contribution in [0.3, 0.4) is 0 Å². The third-order valence-electron chi connectivity index (χ3n) is 1.92. The summed E-state index contributed by atoms with van der Waals surface area (Å²) in [7, 11) is 0. The minimum Gasteiger partial charge on any atom is -0.394 e. The van der Waals surface area contributed by atoms with Crippen molar-refractivity contribution in [3.8, 4) is 0 Å². The fourth-order valence-electron chi connectivity index (χ4n) is 1.18. The van der Waals surface area contributed by atoms with Gasteiger partial charge in [-0.25, -0.2) is 9.97 Å². The summed E-state index contributed by atoms with van der Waals surface area (Å²) < 4.78 is 5.14. The average Bonchev–Trinajstić information content (AvgIpc) is 2.33. The van der Waals surface area contributed by atoms with Gasteiger partial charge >= 0.3 is 0 Å². The number of aromatic nitrogens is 2. The van der Waals surface area contributed by atoms with E-state index < -0.39 is 0 Å². The van der Waals surface area contributed by atoms with Gasteiger partial charge in [0.1, 0.15) is 11.6 Å². The Kier molecular flexibility index (Phi) is 6.68. The maximum absolute atomic E-state index is 8.52. The molecule has 0 aliphatic rings. The first-order chi connectivity index (χ1) is 8.26. The van der Waals surface area contributed by atoms with Gasteiger partial charge < -0.3 is 20.9 Å². The maximum atomic E-state index is 8.52. The number of thioether (sulfide) groups is 1. The molecule has 0 spiro atoms. The van der Waals surface area contributed by atoms with Crippen LogP contribution in [0.25, 0.3) is 0 Å². The second-order valence-electron chi connectivity index (χ2n) is 3.28. The Hall–Kier alpha value is -1.05. The maximum Gasteiger partial charge on any atom is 0.191 e. The van der Waals surface area contributed by atoms with Crippen molar-refractivity contribution in [3.05, 3.63) is 6.07 Å². The smallest absolute Gasteiger partial charge is 0.191 e. The summed E-state index contributed by atoms with van der Waals surface area (Å²) in [4.78, 5) is 8.32. The molecule has 1 rings (SSSR count). The number of ether oxygens (including phenoxy) is 1. The van der Waals surface area contributed by atoms with Crippen molar-refractivity contribution in [2.75, 3.05) is 43.7 Å². The molecule has 0 bridgehead atoms. The van der Waals surface area contributed by atoms with Gasteiger partial charge in [0.2, 0.25) is 0 Å². The van der Waals surface area contributed by atoms with Crippen molar-refractivity contribution in [1.29, 1.82) is 0 Å². The molecule has 6 nitrogen and oxygen atoms in total. The number of aliphatic hydroxyl groups is 1. The highest BCUT2D eigenvalue weighted by Gasteiger charge is 2.00. The molecule has 0 amide bonds. The van der Waals surface area contributed by atoms with Crippen LogP contribution in [-0.4, -0.2) is 47.7 Å². The predicted octanol–water partition coefficient (Wildman–Crippen LogP) is 0.592. The van der Waals surface area contributed by atoms with Crippen molar-refractivity contribution in [1.82, 2.24) is 9.97 Å². The Balaban J connectivity index is 2.28. The Morgan fingerprint density at radius 3 is 3.00 bits per heavy atom. The fraction of sp³-hybridized carbons (Fsp3) is 0.600. The lowest BCUT2D eigenvalue weighted by atomic mass is 10.4. The molecule has 0 saturated carbocycles. The van der Waals surface area contributed by atoms with Crippen LogP contribution in [0.5, 0.6) is 0 Å². The lowest BCUT2D eigenvalue weighted by Gasteiger charge is -2.07. The first-order valence-corrected chi connectivity index (χ1v) is 6.59. The van der Waals surface area contributed by atoms with Gasteiger partial charge in [0.15, 0.2) is 5.16 Å². The average molecular weight is 258 g/mol. The number of hydrogen-bond donors (Lipinski definition) is 3. The largest absolute Gasteiger partial charge is 0.394 e. The van der Waals surface area contributed by atoms with Crippen molar-refractivity contribution in [2.24, 2.45) is 0 Å². The standard InChI is InChI=1S/C10H18N4O2S/c1-17-10-13-8(11)7-9(14-10)12-3-2-5-16-6-4-15/h7,15H,2-6H2,1H3,(H3,11,12,13,14). The van der Waals surface area contributed by atoms with Crippen LogP contribution in [-0.2, 0) is 4.74 Å².